The van der Waals surface area contributed by atoms with Gasteiger partial charge in [0, 0.05) is 12.0 Å². The second-order valence-corrected chi connectivity index (χ2v) is 6.80. The van der Waals surface area contributed by atoms with Crippen molar-refractivity contribution in [1.82, 2.24) is 5.32 Å². The molecule has 0 saturated heterocycles. The predicted molar refractivity (Wildman–Crippen MR) is 97.6 cm³/mol. The molecule has 0 fully saturated rings. The maximum Gasteiger partial charge on any atom is 0.325 e. The Kier molecular flexibility index (Phi) is 7.43. The van der Waals surface area contributed by atoms with Crippen LogP contribution in [0.5, 0.6) is 0 Å². The minimum absolute atomic E-state index is 0.0268. The van der Waals surface area contributed by atoms with Gasteiger partial charge in [-0.25, -0.2) is 0 Å². The Morgan fingerprint density at radius 2 is 1.92 bits per heavy atom. The summed E-state index contributed by atoms with van der Waals surface area (Å²) < 4.78 is 4.99. The third-order valence-electron chi connectivity index (χ3n) is 3.18. The lowest BCUT2D eigenvalue weighted by molar-refractivity contribution is -0.142. The SMILES string of the molecule is O=C(CNC(=O)c1ccc(Cl)c(Cl)c1)OCCCC(=O)c1cccs1. The lowest BCUT2D eigenvalue weighted by Crippen LogP contribution is -2.30. The minimum Gasteiger partial charge on any atom is -0.464 e. The molecule has 1 heterocycles. The molecule has 1 amide bonds. The van der Waals surface area contributed by atoms with Gasteiger partial charge in [0.15, 0.2) is 5.78 Å². The van der Waals surface area contributed by atoms with E-state index in [2.05, 4.69) is 5.32 Å². The summed E-state index contributed by atoms with van der Waals surface area (Å²) in [5.41, 5.74) is 0.295. The van der Waals surface area contributed by atoms with Crippen molar-refractivity contribution >= 4 is 52.2 Å². The summed E-state index contributed by atoms with van der Waals surface area (Å²) in [6.45, 7) is -0.142. The lowest BCUT2D eigenvalue weighted by Gasteiger charge is -2.07. The van der Waals surface area contributed by atoms with Crippen molar-refractivity contribution < 1.29 is 19.1 Å². The number of nitrogens with one attached hydrogen (secondary N) is 1. The smallest absolute Gasteiger partial charge is 0.325 e. The fraction of sp³-hybridized carbons (Fsp3) is 0.235. The number of rotatable bonds is 8. The number of ether oxygens (including phenoxy) is 1. The summed E-state index contributed by atoms with van der Waals surface area (Å²) in [7, 11) is 0. The number of carbonyl (C=O) groups excluding carboxylic acids is 3. The number of amides is 1. The van der Waals surface area contributed by atoms with Crippen LogP contribution in [-0.4, -0.2) is 30.8 Å². The Hall–Kier alpha value is -1.89. The average Bonchev–Trinajstić information content (AvgIpc) is 3.13. The molecule has 0 unspecified atom stereocenters. The van der Waals surface area contributed by atoms with Crippen LogP contribution in [0.25, 0.3) is 0 Å². The van der Waals surface area contributed by atoms with Gasteiger partial charge in [0.2, 0.25) is 0 Å². The molecule has 1 N–H and O–H groups in total. The average molecular weight is 400 g/mol. The zero-order valence-corrected chi connectivity index (χ0v) is 15.4. The van der Waals surface area contributed by atoms with Crippen LogP contribution >= 0.6 is 34.5 Å². The second kappa shape index (κ2) is 9.56. The van der Waals surface area contributed by atoms with E-state index in [9.17, 15) is 14.4 Å². The maximum atomic E-state index is 11.9. The number of hydrogen-bond donors (Lipinski definition) is 1. The summed E-state index contributed by atoms with van der Waals surface area (Å²) >= 11 is 13.0. The van der Waals surface area contributed by atoms with E-state index >= 15 is 0 Å². The molecule has 0 aliphatic rings. The molecule has 0 radical (unpaired) electrons. The summed E-state index contributed by atoms with van der Waals surface area (Å²) in [6.07, 6.45) is 0.743. The highest BCUT2D eigenvalue weighted by atomic mass is 35.5. The number of thiophene rings is 1. The minimum atomic E-state index is -0.572. The number of Topliss-reactive ketones (excluding diaryl/α,β-unsaturated/α-hetero) is 1. The monoisotopic (exact) mass is 399 g/mol. The van der Waals surface area contributed by atoms with Gasteiger partial charge in [-0.15, -0.1) is 11.3 Å². The number of carbonyl (C=O) groups is 3. The zero-order chi connectivity index (χ0) is 18.2. The Bertz CT molecular complexity index is 762. The first kappa shape index (κ1) is 19.4. The molecule has 132 valence electrons. The van der Waals surface area contributed by atoms with E-state index < -0.39 is 11.9 Å². The van der Waals surface area contributed by atoms with E-state index in [1.807, 2.05) is 11.4 Å². The van der Waals surface area contributed by atoms with Crippen molar-refractivity contribution in [3.63, 3.8) is 0 Å². The molecule has 0 atom stereocenters. The van der Waals surface area contributed by atoms with Gasteiger partial charge in [0.05, 0.1) is 21.5 Å². The zero-order valence-electron chi connectivity index (χ0n) is 13.1. The molecule has 0 spiro atoms. The molecule has 0 aliphatic carbocycles. The van der Waals surface area contributed by atoms with Crippen LogP contribution in [0.2, 0.25) is 10.0 Å². The molecular weight excluding hydrogens is 385 g/mol. The molecule has 0 aliphatic heterocycles. The topological polar surface area (TPSA) is 72.5 Å². The number of halogens is 2. The molecular formula is C17H15Cl2NO4S. The van der Waals surface area contributed by atoms with Gasteiger partial charge in [-0.1, -0.05) is 29.3 Å². The van der Waals surface area contributed by atoms with Gasteiger partial charge >= 0.3 is 5.97 Å². The number of ketones is 1. The normalized spacial score (nSPS) is 10.3. The van der Waals surface area contributed by atoms with Gasteiger partial charge < -0.3 is 10.1 Å². The summed E-state index contributed by atoms with van der Waals surface area (Å²) in [5.74, 6) is -1.00. The first-order chi connectivity index (χ1) is 12.0. The highest BCUT2D eigenvalue weighted by Gasteiger charge is 2.11. The Morgan fingerprint density at radius 3 is 2.60 bits per heavy atom. The van der Waals surface area contributed by atoms with Crippen molar-refractivity contribution in [2.45, 2.75) is 12.8 Å². The van der Waals surface area contributed by atoms with E-state index in [1.54, 1.807) is 6.07 Å². The largest absolute Gasteiger partial charge is 0.464 e. The van der Waals surface area contributed by atoms with Crippen molar-refractivity contribution in [2.24, 2.45) is 0 Å². The molecule has 8 heteroatoms. The van der Waals surface area contributed by atoms with Crippen LogP contribution in [0.15, 0.2) is 35.7 Å². The highest BCUT2D eigenvalue weighted by Crippen LogP contribution is 2.22. The molecule has 2 aromatic rings. The van der Waals surface area contributed by atoms with Crippen LogP contribution in [0.1, 0.15) is 32.9 Å². The maximum absolute atomic E-state index is 11.9. The van der Waals surface area contributed by atoms with Gasteiger partial charge in [-0.2, -0.15) is 0 Å². The van der Waals surface area contributed by atoms with Crippen LogP contribution in [0.3, 0.4) is 0 Å². The van der Waals surface area contributed by atoms with E-state index in [4.69, 9.17) is 27.9 Å². The third kappa shape index (κ3) is 6.16. The highest BCUT2D eigenvalue weighted by molar-refractivity contribution is 7.12. The van der Waals surface area contributed by atoms with Crippen LogP contribution < -0.4 is 5.32 Å². The molecule has 1 aromatic carbocycles. The van der Waals surface area contributed by atoms with Gasteiger partial charge in [0.1, 0.15) is 6.54 Å². The van der Waals surface area contributed by atoms with E-state index in [0.29, 0.717) is 28.3 Å². The van der Waals surface area contributed by atoms with Crippen molar-refractivity contribution in [3.8, 4) is 0 Å². The molecule has 1 aromatic heterocycles. The summed E-state index contributed by atoms with van der Waals surface area (Å²) in [5, 5.41) is 4.87. The first-order valence-electron chi connectivity index (χ1n) is 7.43. The molecule has 2 rings (SSSR count). The van der Waals surface area contributed by atoms with Crippen LogP contribution in [0, 0.1) is 0 Å². The van der Waals surface area contributed by atoms with E-state index in [1.165, 1.54) is 29.5 Å². The summed E-state index contributed by atoms with van der Waals surface area (Å²) in [4.78, 5) is 36.0. The van der Waals surface area contributed by atoms with Gasteiger partial charge in [-0.05, 0) is 36.1 Å². The molecule has 25 heavy (non-hydrogen) atoms. The molecule has 0 bridgehead atoms. The van der Waals surface area contributed by atoms with Gasteiger partial charge in [-0.3, -0.25) is 14.4 Å². The first-order valence-corrected chi connectivity index (χ1v) is 9.06. The second-order valence-electron chi connectivity index (χ2n) is 5.04. The van der Waals surface area contributed by atoms with Crippen LogP contribution in [-0.2, 0) is 9.53 Å². The standard InChI is InChI=1S/C17H15Cl2NO4S/c18-12-6-5-11(9-13(12)19)17(23)20-10-16(22)24-7-1-3-14(21)15-4-2-8-25-15/h2,4-6,8-9H,1,3,7,10H2,(H,20,23). The number of benzene rings is 1. The Labute approximate surface area is 158 Å². The Balaban J connectivity index is 1.65. The van der Waals surface area contributed by atoms with Crippen molar-refractivity contribution in [3.05, 3.63) is 56.2 Å². The Morgan fingerprint density at radius 1 is 1.12 bits per heavy atom. The van der Waals surface area contributed by atoms with E-state index in [0.717, 1.165) is 0 Å². The predicted octanol–water partition coefficient (Wildman–Crippen LogP) is 3.99. The quantitative estimate of drug-likeness (QED) is 0.413. The lowest BCUT2D eigenvalue weighted by atomic mass is 10.2. The van der Waals surface area contributed by atoms with Crippen LogP contribution in [0.4, 0.5) is 0 Å². The molecule has 0 saturated carbocycles. The molecule has 5 nitrogen and oxygen atoms in total. The van der Waals surface area contributed by atoms with Gasteiger partial charge in [0.25, 0.3) is 5.91 Å². The fourth-order valence-electron chi connectivity index (χ4n) is 1.92. The number of hydrogen-bond acceptors (Lipinski definition) is 5. The third-order valence-corrected chi connectivity index (χ3v) is 4.83. The fourth-order valence-corrected chi connectivity index (χ4v) is 2.91. The van der Waals surface area contributed by atoms with Crippen molar-refractivity contribution in [1.29, 1.82) is 0 Å². The summed E-state index contributed by atoms with van der Waals surface area (Å²) in [6, 6.07) is 8.00. The number of esters is 1. The van der Waals surface area contributed by atoms with E-state index in [-0.39, 0.29) is 24.0 Å². The van der Waals surface area contributed by atoms with Crippen molar-refractivity contribution in [2.75, 3.05) is 13.2 Å².